The van der Waals surface area contributed by atoms with E-state index in [1.165, 1.54) is 7.05 Å². The number of hydrogen-bond donors (Lipinski definition) is 2. The first-order valence-corrected chi connectivity index (χ1v) is 8.81. The van der Waals surface area contributed by atoms with Gasteiger partial charge >= 0.3 is 13.3 Å². The van der Waals surface area contributed by atoms with Crippen molar-refractivity contribution in [1.82, 2.24) is 10.6 Å². The summed E-state index contributed by atoms with van der Waals surface area (Å²) in [6.07, 6.45) is -4.20. The van der Waals surface area contributed by atoms with E-state index < -0.39 is 43.0 Å². The van der Waals surface area contributed by atoms with Crippen molar-refractivity contribution in [3.63, 3.8) is 0 Å². The summed E-state index contributed by atoms with van der Waals surface area (Å²) < 4.78 is 48.9. The summed E-state index contributed by atoms with van der Waals surface area (Å²) in [7, 11) is 0.998. The Balaban J connectivity index is 2.07. The van der Waals surface area contributed by atoms with Gasteiger partial charge in [0.05, 0.1) is 17.2 Å². The summed E-state index contributed by atoms with van der Waals surface area (Å²) >= 11 is 0. The van der Waals surface area contributed by atoms with Gasteiger partial charge in [0, 0.05) is 0 Å². The van der Waals surface area contributed by atoms with Gasteiger partial charge in [0.25, 0.3) is 0 Å². The molecule has 1 fully saturated rings. The van der Waals surface area contributed by atoms with Gasteiger partial charge in [-0.05, 0) is 52.2 Å². The summed E-state index contributed by atoms with van der Waals surface area (Å²) in [4.78, 5) is 12.0. The zero-order valence-electron chi connectivity index (χ0n) is 16.2. The average molecular weight is 386 g/mol. The molecule has 5 nitrogen and oxygen atoms in total. The van der Waals surface area contributed by atoms with Crippen LogP contribution in [0.3, 0.4) is 0 Å². The maximum absolute atomic E-state index is 12.3. The van der Waals surface area contributed by atoms with E-state index in [2.05, 4.69) is 5.32 Å². The summed E-state index contributed by atoms with van der Waals surface area (Å²) in [5.74, 6) is -0.698. The minimum atomic E-state index is -4.44. The molecule has 1 aliphatic rings. The molecule has 1 atom stereocenters. The first-order valence-electron chi connectivity index (χ1n) is 8.81. The monoisotopic (exact) mass is 386 g/mol. The summed E-state index contributed by atoms with van der Waals surface area (Å²) in [5, 5.41) is 4.67. The minimum absolute atomic E-state index is 0.244. The van der Waals surface area contributed by atoms with Gasteiger partial charge in [-0.25, -0.2) is 0 Å². The fourth-order valence-electron chi connectivity index (χ4n) is 2.72. The quantitative estimate of drug-likeness (QED) is 0.733. The standard InChI is InChI=1S/C18H26BF3N2O3/c1-16(2)17(3,4)27-19(26-16)13-8-6-7-12(9-13)10-14(23-5)15(25)24-11-18(20,21)22/h6-9,14,23H,10-11H2,1-5H3,(H,24,25)/t14-/m0/s1. The Kier molecular flexibility index (Phi) is 6.28. The van der Waals surface area contributed by atoms with E-state index in [4.69, 9.17) is 9.31 Å². The van der Waals surface area contributed by atoms with Crippen LogP contribution in [0.4, 0.5) is 13.2 Å². The fourth-order valence-corrected chi connectivity index (χ4v) is 2.72. The van der Waals surface area contributed by atoms with E-state index in [9.17, 15) is 18.0 Å². The van der Waals surface area contributed by atoms with E-state index in [1.54, 1.807) is 0 Å². The maximum atomic E-state index is 12.3. The molecule has 0 unspecified atom stereocenters. The number of carbonyl (C=O) groups is 1. The number of halogens is 3. The fraction of sp³-hybridized carbons (Fsp3) is 0.611. The predicted molar refractivity (Wildman–Crippen MR) is 97.8 cm³/mol. The van der Waals surface area contributed by atoms with Crippen molar-refractivity contribution in [3.05, 3.63) is 29.8 Å². The summed E-state index contributed by atoms with van der Waals surface area (Å²) in [6, 6.07) is 6.57. The minimum Gasteiger partial charge on any atom is -0.399 e. The molecule has 1 saturated heterocycles. The van der Waals surface area contributed by atoms with Crippen LogP contribution in [0, 0.1) is 0 Å². The van der Waals surface area contributed by atoms with Crippen LogP contribution in [0.1, 0.15) is 33.3 Å². The molecule has 27 heavy (non-hydrogen) atoms. The van der Waals surface area contributed by atoms with Gasteiger partial charge in [-0.2, -0.15) is 13.2 Å². The number of carbonyl (C=O) groups excluding carboxylic acids is 1. The van der Waals surface area contributed by atoms with Crippen LogP contribution in [-0.2, 0) is 20.5 Å². The SMILES string of the molecule is CN[C@@H](Cc1cccc(B2OC(C)(C)C(C)(C)O2)c1)C(=O)NCC(F)(F)F. The third-order valence-corrected chi connectivity index (χ3v) is 5.04. The van der Waals surface area contributed by atoms with Crippen molar-refractivity contribution in [3.8, 4) is 0 Å². The second-order valence-electron chi connectivity index (χ2n) is 7.71. The molecule has 1 aromatic carbocycles. The molecule has 1 heterocycles. The lowest BCUT2D eigenvalue weighted by molar-refractivity contribution is -0.139. The van der Waals surface area contributed by atoms with Gasteiger partial charge in [-0.1, -0.05) is 24.3 Å². The second kappa shape index (κ2) is 7.81. The zero-order chi connectivity index (χ0) is 20.5. The number of alkyl halides is 3. The molecule has 0 radical (unpaired) electrons. The van der Waals surface area contributed by atoms with Crippen LogP contribution >= 0.6 is 0 Å². The van der Waals surface area contributed by atoms with Crippen LogP contribution in [0.15, 0.2) is 24.3 Å². The number of nitrogens with one attached hydrogen (secondary N) is 2. The smallest absolute Gasteiger partial charge is 0.399 e. The molecular weight excluding hydrogens is 360 g/mol. The van der Waals surface area contributed by atoms with Crippen molar-refractivity contribution in [2.45, 2.75) is 57.5 Å². The highest BCUT2D eigenvalue weighted by Crippen LogP contribution is 2.36. The largest absolute Gasteiger partial charge is 0.494 e. The molecule has 0 aliphatic carbocycles. The topological polar surface area (TPSA) is 59.6 Å². The average Bonchev–Trinajstić information content (AvgIpc) is 2.78. The van der Waals surface area contributed by atoms with E-state index in [1.807, 2.05) is 57.3 Å². The van der Waals surface area contributed by atoms with E-state index in [0.29, 0.717) is 0 Å². The Labute approximate surface area is 158 Å². The Bertz CT molecular complexity index is 664. The lowest BCUT2D eigenvalue weighted by atomic mass is 9.78. The zero-order valence-corrected chi connectivity index (χ0v) is 16.2. The molecule has 0 saturated carbocycles. The molecule has 9 heteroatoms. The highest BCUT2D eigenvalue weighted by atomic mass is 19.4. The van der Waals surface area contributed by atoms with Crippen LogP contribution in [0.5, 0.6) is 0 Å². The van der Waals surface area contributed by atoms with Crippen LogP contribution in [-0.4, -0.2) is 50.0 Å². The number of likely N-dealkylation sites (N-methyl/N-ethyl adjacent to an activating group) is 1. The molecule has 0 spiro atoms. The van der Waals surface area contributed by atoms with Gasteiger partial charge in [-0.3, -0.25) is 4.79 Å². The van der Waals surface area contributed by atoms with E-state index >= 15 is 0 Å². The molecule has 0 bridgehead atoms. The van der Waals surface area contributed by atoms with Crippen molar-refractivity contribution < 1.29 is 27.3 Å². The number of rotatable bonds is 6. The molecule has 2 N–H and O–H groups in total. The van der Waals surface area contributed by atoms with Crippen molar-refractivity contribution in [1.29, 1.82) is 0 Å². The van der Waals surface area contributed by atoms with Crippen molar-refractivity contribution >= 4 is 18.5 Å². The third-order valence-electron chi connectivity index (χ3n) is 5.04. The van der Waals surface area contributed by atoms with Crippen molar-refractivity contribution in [2.75, 3.05) is 13.6 Å². The Morgan fingerprint density at radius 2 is 1.78 bits per heavy atom. The molecular formula is C18H26BF3N2O3. The van der Waals surface area contributed by atoms with Gasteiger partial charge in [-0.15, -0.1) is 0 Å². The lowest BCUT2D eigenvalue weighted by Gasteiger charge is -2.32. The van der Waals surface area contributed by atoms with Crippen molar-refractivity contribution in [2.24, 2.45) is 0 Å². The number of benzene rings is 1. The Hall–Kier alpha value is -1.58. The third kappa shape index (κ3) is 5.46. The maximum Gasteiger partial charge on any atom is 0.494 e. The molecule has 1 amide bonds. The van der Waals surface area contributed by atoms with Gasteiger partial charge in [0.1, 0.15) is 6.54 Å². The highest BCUT2D eigenvalue weighted by Gasteiger charge is 2.51. The molecule has 0 aromatic heterocycles. The van der Waals surface area contributed by atoms with Gasteiger partial charge < -0.3 is 19.9 Å². The first kappa shape index (κ1) is 21.7. The number of amides is 1. The molecule has 1 aliphatic heterocycles. The normalized spacial score (nSPS) is 19.8. The predicted octanol–water partition coefficient (Wildman–Crippen LogP) is 1.79. The summed E-state index contributed by atoms with van der Waals surface area (Å²) in [6.45, 7) is 6.48. The molecule has 2 rings (SSSR count). The lowest BCUT2D eigenvalue weighted by Crippen LogP contribution is -2.46. The van der Waals surface area contributed by atoms with Gasteiger partial charge in [0.15, 0.2) is 0 Å². The Morgan fingerprint density at radius 3 is 2.30 bits per heavy atom. The van der Waals surface area contributed by atoms with E-state index in [0.717, 1.165) is 11.0 Å². The first-order chi connectivity index (χ1) is 12.3. The van der Waals surface area contributed by atoms with Crippen LogP contribution in [0.25, 0.3) is 0 Å². The second-order valence-corrected chi connectivity index (χ2v) is 7.71. The highest BCUT2D eigenvalue weighted by molar-refractivity contribution is 6.62. The molecule has 1 aromatic rings. The summed E-state index contributed by atoms with van der Waals surface area (Å²) in [5.41, 5.74) is 0.651. The molecule has 150 valence electrons. The Morgan fingerprint density at radius 1 is 1.19 bits per heavy atom. The van der Waals surface area contributed by atoms with Gasteiger partial charge in [0.2, 0.25) is 5.91 Å². The van der Waals surface area contributed by atoms with Crippen LogP contribution in [0.2, 0.25) is 0 Å². The van der Waals surface area contributed by atoms with Crippen LogP contribution < -0.4 is 16.1 Å². The van der Waals surface area contributed by atoms with E-state index in [-0.39, 0.29) is 6.42 Å². The number of hydrogen-bond acceptors (Lipinski definition) is 4.